The summed E-state index contributed by atoms with van der Waals surface area (Å²) in [7, 11) is -4.10. The number of nitrogens with zero attached hydrogens (tertiary/aromatic N) is 1. The lowest BCUT2D eigenvalue weighted by atomic mass is 9.88. The second-order valence-electron chi connectivity index (χ2n) is 8.78. The van der Waals surface area contributed by atoms with Crippen molar-refractivity contribution < 1.29 is 31.4 Å². The Bertz CT molecular complexity index is 1520. The summed E-state index contributed by atoms with van der Waals surface area (Å²) in [5.74, 6) is -0.516. The maximum Gasteiger partial charge on any atom is 0.573 e. The first kappa shape index (κ1) is 25.1. The smallest absolute Gasteiger partial charge is 0.406 e. The van der Waals surface area contributed by atoms with E-state index in [2.05, 4.69) is 30.0 Å². The molecule has 0 spiro atoms. The zero-order chi connectivity index (χ0) is 25.7. The Labute approximate surface area is 213 Å². The maximum absolute atomic E-state index is 13.0. The van der Waals surface area contributed by atoms with Crippen molar-refractivity contribution in [2.75, 3.05) is 0 Å². The van der Waals surface area contributed by atoms with Crippen LogP contribution in [0.4, 0.5) is 13.2 Å². The van der Waals surface area contributed by atoms with Gasteiger partial charge >= 0.3 is 6.36 Å². The summed E-state index contributed by atoms with van der Waals surface area (Å²) in [5, 5.41) is 13.4. The molecule has 3 atom stereocenters. The molecule has 4 aromatic rings. The number of aliphatic hydroxyl groups is 1. The molecule has 1 aliphatic carbocycles. The van der Waals surface area contributed by atoms with Crippen LogP contribution in [0, 0.1) is 0 Å². The summed E-state index contributed by atoms with van der Waals surface area (Å²) in [6.07, 6.45) is -4.13. The molecule has 0 amide bonds. The summed E-state index contributed by atoms with van der Waals surface area (Å²) < 4.78 is 72.6. The van der Waals surface area contributed by atoms with Crippen molar-refractivity contribution >= 4 is 47.8 Å². The van der Waals surface area contributed by atoms with Gasteiger partial charge < -0.3 is 14.4 Å². The highest BCUT2D eigenvalue weighted by molar-refractivity contribution is 9.10. The van der Waals surface area contributed by atoms with Gasteiger partial charge in [0.25, 0.3) is 0 Å². The van der Waals surface area contributed by atoms with Crippen LogP contribution in [0.5, 0.6) is 5.75 Å². The number of nitrogens with one attached hydrogen (secondary N) is 1. The van der Waals surface area contributed by atoms with Gasteiger partial charge in [-0.1, -0.05) is 34.1 Å². The molecule has 0 saturated heterocycles. The van der Waals surface area contributed by atoms with Crippen LogP contribution < -0.4 is 9.46 Å². The normalized spacial score (nSPS) is 21.2. The summed E-state index contributed by atoms with van der Waals surface area (Å²) in [6, 6.07) is 16.6. The third-order valence-corrected chi connectivity index (χ3v) is 8.50. The van der Waals surface area contributed by atoms with Crippen molar-refractivity contribution in [2.45, 2.75) is 48.7 Å². The molecule has 0 unspecified atom stereocenters. The van der Waals surface area contributed by atoms with Gasteiger partial charge in [0.1, 0.15) is 5.75 Å². The minimum absolute atomic E-state index is 0.215. The number of halogens is 4. The summed E-state index contributed by atoms with van der Waals surface area (Å²) in [5.41, 5.74) is 1.88. The fourth-order valence-corrected chi connectivity index (χ4v) is 6.63. The van der Waals surface area contributed by atoms with Gasteiger partial charge in [-0.15, -0.1) is 13.2 Å². The minimum Gasteiger partial charge on any atom is -0.406 e. The number of benzene rings is 3. The first-order valence-electron chi connectivity index (χ1n) is 11.3. The van der Waals surface area contributed by atoms with E-state index >= 15 is 0 Å². The van der Waals surface area contributed by atoms with E-state index in [1.807, 2.05) is 42.5 Å². The number of aromatic nitrogens is 1. The van der Waals surface area contributed by atoms with E-state index in [9.17, 15) is 26.7 Å². The number of para-hydroxylation sites is 1. The van der Waals surface area contributed by atoms with E-state index in [1.165, 1.54) is 0 Å². The zero-order valence-electron chi connectivity index (χ0n) is 18.7. The lowest BCUT2D eigenvalue weighted by Crippen LogP contribution is -2.49. The Morgan fingerprint density at radius 1 is 0.972 bits per heavy atom. The van der Waals surface area contributed by atoms with E-state index < -0.39 is 34.3 Å². The molecule has 1 saturated carbocycles. The fraction of sp³-hybridized carbons (Fsp3) is 0.280. The number of alkyl halides is 3. The second-order valence-corrected chi connectivity index (χ2v) is 11.4. The monoisotopic (exact) mass is 582 g/mol. The number of hydrogen-bond donors (Lipinski definition) is 2. The first-order valence-corrected chi connectivity index (χ1v) is 13.6. The number of sulfonamides is 1. The SMILES string of the molecule is O=S(=O)(N[C@@H]1CCC[C@H](n2c3ccccc3c3cc(Br)ccc32)[C@H]1O)c1ccc(OC(F)(F)F)cc1. The topological polar surface area (TPSA) is 80.6 Å². The zero-order valence-corrected chi connectivity index (χ0v) is 21.1. The van der Waals surface area contributed by atoms with Crippen molar-refractivity contribution in [2.24, 2.45) is 0 Å². The van der Waals surface area contributed by atoms with E-state index in [4.69, 9.17) is 0 Å². The highest BCUT2D eigenvalue weighted by Crippen LogP contribution is 2.39. The van der Waals surface area contributed by atoms with Gasteiger partial charge in [0.05, 0.1) is 23.1 Å². The van der Waals surface area contributed by atoms with Crippen molar-refractivity contribution in [3.63, 3.8) is 0 Å². The Morgan fingerprint density at radius 2 is 1.67 bits per heavy atom. The van der Waals surface area contributed by atoms with E-state index in [-0.39, 0.29) is 10.9 Å². The predicted octanol–water partition coefficient (Wildman–Crippen LogP) is 5.89. The number of aliphatic hydroxyl groups excluding tert-OH is 1. The highest BCUT2D eigenvalue weighted by atomic mass is 79.9. The molecular weight excluding hydrogens is 561 g/mol. The molecule has 5 rings (SSSR count). The van der Waals surface area contributed by atoms with Gasteiger partial charge in [-0.25, -0.2) is 13.1 Å². The molecule has 36 heavy (non-hydrogen) atoms. The highest BCUT2D eigenvalue weighted by Gasteiger charge is 2.37. The Hall–Kier alpha value is -2.60. The third kappa shape index (κ3) is 4.84. The quantitative estimate of drug-likeness (QED) is 0.307. The maximum atomic E-state index is 13.0. The van der Waals surface area contributed by atoms with Crippen LogP contribution in [0.2, 0.25) is 0 Å². The summed E-state index contributed by atoms with van der Waals surface area (Å²) in [6.45, 7) is 0. The van der Waals surface area contributed by atoms with Gasteiger partial charge in [-0.2, -0.15) is 0 Å². The van der Waals surface area contributed by atoms with Crippen LogP contribution in [-0.2, 0) is 10.0 Å². The molecule has 11 heteroatoms. The molecule has 1 fully saturated rings. The van der Waals surface area contributed by atoms with E-state index in [0.717, 1.165) is 50.5 Å². The molecule has 0 bridgehead atoms. The number of ether oxygens (including phenoxy) is 1. The average molecular weight is 583 g/mol. The molecule has 1 heterocycles. The second kappa shape index (κ2) is 9.37. The fourth-order valence-electron chi connectivity index (χ4n) is 4.99. The first-order chi connectivity index (χ1) is 17.0. The van der Waals surface area contributed by atoms with Crippen molar-refractivity contribution in [3.8, 4) is 5.75 Å². The summed E-state index contributed by atoms with van der Waals surface area (Å²) >= 11 is 3.52. The largest absolute Gasteiger partial charge is 0.573 e. The van der Waals surface area contributed by atoms with E-state index in [1.54, 1.807) is 0 Å². The average Bonchev–Trinajstić information content (AvgIpc) is 3.13. The minimum atomic E-state index is -4.87. The van der Waals surface area contributed by atoms with Gasteiger partial charge in [-0.3, -0.25) is 0 Å². The van der Waals surface area contributed by atoms with Crippen LogP contribution in [0.3, 0.4) is 0 Å². The van der Waals surface area contributed by atoms with Gasteiger partial charge in [0.2, 0.25) is 10.0 Å². The summed E-state index contributed by atoms with van der Waals surface area (Å²) in [4.78, 5) is -0.215. The lowest BCUT2D eigenvalue weighted by molar-refractivity contribution is -0.274. The Morgan fingerprint density at radius 3 is 2.39 bits per heavy atom. The molecule has 2 N–H and O–H groups in total. The molecule has 6 nitrogen and oxygen atoms in total. The van der Waals surface area contributed by atoms with Gasteiger partial charge in [0.15, 0.2) is 0 Å². The molecule has 0 radical (unpaired) electrons. The van der Waals surface area contributed by atoms with Crippen LogP contribution in [0.1, 0.15) is 25.3 Å². The van der Waals surface area contributed by atoms with Gasteiger partial charge in [0, 0.05) is 26.3 Å². The van der Waals surface area contributed by atoms with Crippen LogP contribution in [-0.4, -0.2) is 36.6 Å². The van der Waals surface area contributed by atoms with Crippen LogP contribution >= 0.6 is 15.9 Å². The van der Waals surface area contributed by atoms with Crippen molar-refractivity contribution in [1.29, 1.82) is 0 Å². The van der Waals surface area contributed by atoms with Crippen molar-refractivity contribution in [1.82, 2.24) is 9.29 Å². The predicted molar refractivity (Wildman–Crippen MR) is 133 cm³/mol. The number of rotatable bonds is 5. The molecular formula is C25H22BrF3N2O4S. The lowest BCUT2D eigenvalue weighted by Gasteiger charge is -2.36. The molecule has 190 valence electrons. The Balaban J connectivity index is 1.44. The van der Waals surface area contributed by atoms with E-state index in [0.29, 0.717) is 19.3 Å². The number of fused-ring (bicyclic) bond motifs is 3. The number of hydrogen-bond acceptors (Lipinski definition) is 4. The molecule has 3 aromatic carbocycles. The Kier molecular flexibility index (Phi) is 6.52. The molecule has 1 aromatic heterocycles. The van der Waals surface area contributed by atoms with Gasteiger partial charge in [-0.05, 0) is 67.8 Å². The molecule has 0 aliphatic heterocycles. The van der Waals surface area contributed by atoms with Crippen LogP contribution in [0.15, 0.2) is 76.1 Å². The molecule has 1 aliphatic rings. The van der Waals surface area contributed by atoms with Crippen LogP contribution in [0.25, 0.3) is 21.8 Å². The van der Waals surface area contributed by atoms with Crippen molar-refractivity contribution in [3.05, 3.63) is 71.2 Å². The standard InChI is InChI=1S/C25H22BrF3N2O4S/c26-15-8-13-22-19(14-15)18-4-1-2-6-21(18)31(22)23-7-3-5-20(24(23)32)30-36(33,34)17-11-9-16(10-12-17)35-25(27,28)29/h1-2,4,6,8-14,20,23-24,30,32H,3,5,7H2/t20-,23+,24+/m1/s1. The third-order valence-electron chi connectivity index (χ3n) is 6.50.